The van der Waals surface area contributed by atoms with E-state index in [4.69, 9.17) is 31.0 Å². The number of β-amino-alcohol motifs (C(OH)–C–C–N with tert-alkyl or cyclic N) is 1. The van der Waals surface area contributed by atoms with Crippen molar-refractivity contribution in [1.82, 2.24) is 10.4 Å². The minimum Gasteiger partial charge on any atom is -0.454 e. The highest BCUT2D eigenvalue weighted by molar-refractivity contribution is 6.30. The fraction of sp³-hybridized carbons (Fsp3) is 0.333. The Balaban J connectivity index is 1.45. The molecule has 2 heterocycles. The monoisotopic (exact) mass is 378 g/mol. The van der Waals surface area contributed by atoms with Crippen LogP contribution in [0.5, 0.6) is 17.2 Å². The number of hydrogen-bond donors (Lipinski definition) is 2. The van der Waals surface area contributed by atoms with E-state index >= 15 is 0 Å². The van der Waals surface area contributed by atoms with Gasteiger partial charge < -0.3 is 24.8 Å². The molecule has 7 nitrogen and oxygen atoms in total. The quantitative estimate of drug-likeness (QED) is 0.610. The Hall–Kier alpha value is -2.03. The highest BCUT2D eigenvalue weighted by atomic mass is 35.5. The second-order valence-electron chi connectivity index (χ2n) is 6.24. The molecular formula is C18H19ClN2O5. The van der Waals surface area contributed by atoms with E-state index in [1.807, 2.05) is 18.2 Å². The number of nitrogens with one attached hydrogen (secondary N) is 1. The maximum Gasteiger partial charge on any atom is 0.231 e. The number of hydroxylamine groups is 2. The normalized spacial score (nSPS) is 22.4. The molecule has 0 bridgehead atoms. The molecular weight excluding hydrogens is 360 g/mol. The predicted octanol–water partition coefficient (Wildman–Crippen LogP) is 2.13. The number of fused-ring (bicyclic) bond motifs is 1. The average molecular weight is 379 g/mol. The zero-order valence-corrected chi connectivity index (χ0v) is 14.7. The van der Waals surface area contributed by atoms with Crippen LogP contribution in [0.1, 0.15) is 5.56 Å². The Labute approximate surface area is 155 Å². The first-order valence-corrected chi connectivity index (χ1v) is 8.70. The van der Waals surface area contributed by atoms with E-state index in [1.165, 1.54) is 5.06 Å². The fourth-order valence-electron chi connectivity index (χ4n) is 2.98. The summed E-state index contributed by atoms with van der Waals surface area (Å²) in [5, 5.41) is 16.4. The lowest BCUT2D eigenvalue weighted by Crippen LogP contribution is -2.62. The number of hydrogen-bond acceptors (Lipinski definition) is 7. The van der Waals surface area contributed by atoms with E-state index in [-0.39, 0.29) is 6.79 Å². The van der Waals surface area contributed by atoms with Gasteiger partial charge in [0.15, 0.2) is 23.0 Å². The van der Waals surface area contributed by atoms with Gasteiger partial charge in [-0.05, 0) is 42.0 Å². The van der Waals surface area contributed by atoms with Crippen LogP contribution in [0, 0.1) is 0 Å². The molecule has 1 saturated heterocycles. The molecule has 2 aromatic carbocycles. The van der Waals surface area contributed by atoms with Crippen LogP contribution >= 0.6 is 11.6 Å². The van der Waals surface area contributed by atoms with E-state index in [0.717, 1.165) is 5.56 Å². The summed E-state index contributed by atoms with van der Waals surface area (Å²) in [6.45, 7) is 1.70. The van der Waals surface area contributed by atoms with Gasteiger partial charge >= 0.3 is 0 Å². The summed E-state index contributed by atoms with van der Waals surface area (Å²) < 4.78 is 10.7. The molecule has 1 unspecified atom stereocenters. The molecule has 2 aromatic rings. The Kier molecular flexibility index (Phi) is 4.88. The van der Waals surface area contributed by atoms with E-state index in [0.29, 0.717) is 48.3 Å². The maximum atomic E-state index is 11.1. The first-order valence-electron chi connectivity index (χ1n) is 8.32. The summed E-state index contributed by atoms with van der Waals surface area (Å²) in [5.74, 6) is 1.89. The van der Waals surface area contributed by atoms with Crippen LogP contribution in [-0.2, 0) is 11.4 Å². The summed E-state index contributed by atoms with van der Waals surface area (Å²) in [4.78, 5) is 10.8. The van der Waals surface area contributed by atoms with E-state index in [9.17, 15) is 5.11 Å². The zero-order valence-electron chi connectivity index (χ0n) is 14.0. The zero-order chi connectivity index (χ0) is 18.0. The minimum absolute atomic E-state index is 0.217. The Morgan fingerprint density at radius 1 is 1.15 bits per heavy atom. The summed E-state index contributed by atoms with van der Waals surface area (Å²) in [6.07, 6.45) is 0.334. The first kappa shape index (κ1) is 17.4. The van der Waals surface area contributed by atoms with Crippen LogP contribution in [0.15, 0.2) is 42.5 Å². The molecule has 4 rings (SSSR count). The van der Waals surface area contributed by atoms with E-state index in [2.05, 4.69) is 5.32 Å². The molecule has 0 spiro atoms. The van der Waals surface area contributed by atoms with Crippen molar-refractivity contribution in [2.24, 2.45) is 0 Å². The largest absolute Gasteiger partial charge is 0.454 e. The van der Waals surface area contributed by atoms with Gasteiger partial charge in [-0.3, -0.25) is 0 Å². The molecule has 0 radical (unpaired) electrons. The van der Waals surface area contributed by atoms with Crippen molar-refractivity contribution in [3.05, 3.63) is 53.1 Å². The smallest absolute Gasteiger partial charge is 0.231 e. The first-order chi connectivity index (χ1) is 12.6. The van der Waals surface area contributed by atoms with Gasteiger partial charge in [-0.15, -0.1) is 5.06 Å². The molecule has 1 fully saturated rings. The number of halogens is 1. The molecule has 1 atom stereocenters. The number of nitrogens with zero attached hydrogens (tertiary/aromatic N) is 1. The number of rotatable bonds is 5. The van der Waals surface area contributed by atoms with Crippen molar-refractivity contribution in [3.8, 4) is 17.2 Å². The number of aliphatic hydroxyl groups is 1. The lowest BCUT2D eigenvalue weighted by Gasteiger charge is -2.40. The lowest BCUT2D eigenvalue weighted by molar-refractivity contribution is -0.431. The molecule has 2 aliphatic rings. The third-order valence-electron chi connectivity index (χ3n) is 4.33. The summed E-state index contributed by atoms with van der Waals surface area (Å²) >= 11 is 5.86. The van der Waals surface area contributed by atoms with Crippen LogP contribution in [0.25, 0.3) is 0 Å². The molecule has 138 valence electrons. The highest BCUT2D eigenvalue weighted by Gasteiger charge is 2.39. The van der Waals surface area contributed by atoms with Gasteiger partial charge in [0.05, 0.1) is 0 Å². The number of piperazine rings is 1. The van der Waals surface area contributed by atoms with Crippen molar-refractivity contribution in [1.29, 1.82) is 0 Å². The van der Waals surface area contributed by atoms with E-state index in [1.54, 1.807) is 24.3 Å². The highest BCUT2D eigenvalue weighted by Crippen LogP contribution is 2.34. The Bertz CT molecular complexity index is 773. The van der Waals surface area contributed by atoms with Gasteiger partial charge in [0.1, 0.15) is 0 Å². The molecule has 0 saturated carbocycles. The molecule has 0 amide bonds. The second-order valence-corrected chi connectivity index (χ2v) is 6.67. The summed E-state index contributed by atoms with van der Waals surface area (Å²) in [5.41, 5.74) is -0.362. The Morgan fingerprint density at radius 2 is 1.96 bits per heavy atom. The molecule has 0 aromatic heterocycles. The summed E-state index contributed by atoms with van der Waals surface area (Å²) in [6, 6.07) is 12.4. The van der Waals surface area contributed by atoms with Gasteiger partial charge in [-0.25, -0.2) is 0 Å². The van der Waals surface area contributed by atoms with Crippen LogP contribution in [0.4, 0.5) is 0 Å². The third-order valence-corrected chi connectivity index (χ3v) is 4.58. The minimum atomic E-state index is -1.27. The predicted molar refractivity (Wildman–Crippen MR) is 94.0 cm³/mol. The van der Waals surface area contributed by atoms with Crippen molar-refractivity contribution < 1.29 is 24.5 Å². The van der Waals surface area contributed by atoms with Crippen molar-refractivity contribution in [3.63, 3.8) is 0 Å². The van der Waals surface area contributed by atoms with Gasteiger partial charge in [0.2, 0.25) is 6.79 Å². The number of benzene rings is 2. The molecule has 2 aliphatic heterocycles. The van der Waals surface area contributed by atoms with Crippen LogP contribution in [-0.4, -0.2) is 42.3 Å². The van der Waals surface area contributed by atoms with Gasteiger partial charge in [0, 0.05) is 31.1 Å². The fourth-order valence-corrected chi connectivity index (χ4v) is 3.10. The maximum absolute atomic E-state index is 11.1. The Morgan fingerprint density at radius 3 is 2.81 bits per heavy atom. The van der Waals surface area contributed by atoms with Crippen LogP contribution in [0.3, 0.4) is 0 Å². The van der Waals surface area contributed by atoms with E-state index < -0.39 is 5.72 Å². The van der Waals surface area contributed by atoms with Gasteiger partial charge in [-0.1, -0.05) is 22.7 Å². The third kappa shape index (κ3) is 3.72. The SMILES string of the molecule is OC1(Cc2ccc3c(c2)OCO3)CNCCN1OOc1ccc(Cl)cc1. The molecule has 8 heteroatoms. The molecule has 2 N–H and O–H groups in total. The molecule has 26 heavy (non-hydrogen) atoms. The topological polar surface area (TPSA) is 72.4 Å². The van der Waals surface area contributed by atoms with Crippen LogP contribution < -0.4 is 19.7 Å². The lowest BCUT2D eigenvalue weighted by atomic mass is 10.00. The molecule has 0 aliphatic carbocycles. The van der Waals surface area contributed by atoms with Gasteiger partial charge in [-0.2, -0.15) is 0 Å². The van der Waals surface area contributed by atoms with Crippen LogP contribution in [0.2, 0.25) is 5.02 Å². The standard InChI is InChI=1S/C18H19ClN2O5/c19-14-2-4-15(5-3-14)25-26-21-8-7-20-11-18(21,22)10-13-1-6-16-17(9-13)24-12-23-16/h1-6,9,20,22H,7-8,10-12H2. The van der Waals surface area contributed by atoms with Gasteiger partial charge in [0.25, 0.3) is 0 Å². The second kappa shape index (κ2) is 7.30. The average Bonchev–Trinajstić information content (AvgIpc) is 3.10. The van der Waals surface area contributed by atoms with Crippen molar-refractivity contribution in [2.45, 2.75) is 12.1 Å². The van der Waals surface area contributed by atoms with Crippen molar-refractivity contribution >= 4 is 11.6 Å². The number of ether oxygens (including phenoxy) is 2. The van der Waals surface area contributed by atoms with Crippen molar-refractivity contribution in [2.75, 3.05) is 26.4 Å². The summed E-state index contributed by atoms with van der Waals surface area (Å²) in [7, 11) is 0.